The van der Waals surface area contributed by atoms with Crippen LogP contribution in [0.1, 0.15) is 0 Å². The van der Waals surface area contributed by atoms with Crippen molar-refractivity contribution in [3.63, 3.8) is 0 Å². The van der Waals surface area contributed by atoms with Gasteiger partial charge in [-0.25, -0.2) is 9.79 Å². The predicted octanol–water partition coefficient (Wildman–Crippen LogP) is -0.0255. The van der Waals surface area contributed by atoms with Gasteiger partial charge in [-0.2, -0.15) is 0 Å². The smallest absolute Gasteiger partial charge is 0.364 e. The average Bonchev–Trinajstić information content (AvgIpc) is 2.15. The molecule has 4 heteroatoms. The molecule has 0 N–H and O–H groups in total. The summed E-state index contributed by atoms with van der Waals surface area (Å²) in [6, 6.07) is 0. The predicted molar refractivity (Wildman–Crippen MR) is 36.4 cm³/mol. The Morgan fingerprint density at radius 3 is 2.80 bits per heavy atom. The van der Waals surface area contributed by atoms with Crippen molar-refractivity contribution in [2.75, 3.05) is 14.1 Å². The molecular weight excluding hydrogens is 132 g/mol. The van der Waals surface area contributed by atoms with Gasteiger partial charge < -0.3 is 9.64 Å². The van der Waals surface area contributed by atoms with Gasteiger partial charge in [0.05, 0.1) is 0 Å². The molecule has 0 aliphatic carbocycles. The van der Waals surface area contributed by atoms with Crippen LogP contribution in [0.3, 0.4) is 0 Å². The van der Waals surface area contributed by atoms with Crippen LogP contribution in [0, 0.1) is 0 Å². The molecule has 0 saturated heterocycles. The van der Waals surface area contributed by atoms with E-state index in [1.165, 1.54) is 0 Å². The number of hydrogen-bond acceptors (Lipinski definition) is 4. The Balaban J connectivity index is 2.72. The monoisotopic (exact) mass is 140 g/mol. The molecule has 0 unspecified atom stereocenters. The fourth-order valence-electron chi connectivity index (χ4n) is 0.575. The van der Waals surface area contributed by atoms with E-state index in [0.29, 0.717) is 5.70 Å². The standard InChI is InChI=1S/C6H8N2O2/c1-8(2)3-5-6(9)10-4-7-5/h3-4H,1-2H3. The Labute approximate surface area is 58.8 Å². The third-order valence-corrected chi connectivity index (χ3v) is 0.941. The summed E-state index contributed by atoms with van der Waals surface area (Å²) in [6.45, 7) is 0. The number of carbonyl (C=O) groups excluding carboxylic acids is 1. The first-order valence-electron chi connectivity index (χ1n) is 2.82. The van der Waals surface area contributed by atoms with Crippen molar-refractivity contribution in [1.82, 2.24) is 4.90 Å². The fraction of sp³-hybridized carbons (Fsp3) is 0.333. The topological polar surface area (TPSA) is 41.9 Å². The molecule has 1 aliphatic heterocycles. The Bertz CT molecular complexity index is 206. The summed E-state index contributed by atoms with van der Waals surface area (Å²) in [4.78, 5) is 16.1. The van der Waals surface area contributed by atoms with Crippen LogP contribution in [0.15, 0.2) is 16.9 Å². The molecule has 0 amide bonds. The molecule has 54 valence electrons. The highest BCUT2D eigenvalue weighted by Gasteiger charge is 2.14. The van der Waals surface area contributed by atoms with Gasteiger partial charge >= 0.3 is 5.97 Å². The van der Waals surface area contributed by atoms with Gasteiger partial charge in [0.2, 0.25) is 0 Å². The van der Waals surface area contributed by atoms with Crippen LogP contribution in [0.25, 0.3) is 0 Å². The van der Waals surface area contributed by atoms with E-state index < -0.39 is 5.97 Å². The average molecular weight is 140 g/mol. The normalized spacial score (nSPS) is 19.8. The Hall–Kier alpha value is -1.32. The molecule has 0 bridgehead atoms. The molecule has 0 aromatic carbocycles. The number of ether oxygens (including phenoxy) is 1. The minimum Gasteiger partial charge on any atom is -0.410 e. The van der Waals surface area contributed by atoms with E-state index in [1.807, 2.05) is 14.1 Å². The summed E-state index contributed by atoms with van der Waals surface area (Å²) in [5.74, 6) is -0.395. The maximum atomic E-state index is 10.7. The van der Waals surface area contributed by atoms with Crippen molar-refractivity contribution >= 4 is 12.4 Å². The van der Waals surface area contributed by atoms with Crippen LogP contribution in [-0.2, 0) is 9.53 Å². The second-order valence-electron chi connectivity index (χ2n) is 2.12. The molecule has 10 heavy (non-hydrogen) atoms. The third-order valence-electron chi connectivity index (χ3n) is 0.941. The van der Waals surface area contributed by atoms with Crippen LogP contribution in [0.5, 0.6) is 0 Å². The lowest BCUT2D eigenvalue weighted by Crippen LogP contribution is -2.05. The zero-order valence-corrected chi connectivity index (χ0v) is 5.87. The molecule has 0 aromatic rings. The maximum absolute atomic E-state index is 10.7. The van der Waals surface area contributed by atoms with E-state index in [0.717, 1.165) is 6.40 Å². The van der Waals surface area contributed by atoms with Crippen molar-refractivity contribution < 1.29 is 9.53 Å². The van der Waals surface area contributed by atoms with Gasteiger partial charge in [-0.3, -0.25) is 0 Å². The number of hydrogen-bond donors (Lipinski definition) is 0. The minimum absolute atomic E-state index is 0.338. The van der Waals surface area contributed by atoms with Gasteiger partial charge in [-0.05, 0) is 0 Å². The lowest BCUT2D eigenvalue weighted by molar-refractivity contribution is -0.129. The molecule has 1 aliphatic rings. The molecule has 0 radical (unpaired) electrons. The summed E-state index contributed by atoms with van der Waals surface area (Å²) in [5.41, 5.74) is 0.338. The Morgan fingerprint density at radius 2 is 2.40 bits per heavy atom. The van der Waals surface area contributed by atoms with Crippen LogP contribution in [0.2, 0.25) is 0 Å². The van der Waals surface area contributed by atoms with Crippen LogP contribution < -0.4 is 0 Å². The second kappa shape index (κ2) is 2.51. The molecule has 0 fully saturated rings. The van der Waals surface area contributed by atoms with Gasteiger partial charge in [0.25, 0.3) is 0 Å². The van der Waals surface area contributed by atoms with Crippen molar-refractivity contribution in [3.05, 3.63) is 11.9 Å². The Kier molecular flexibility index (Phi) is 1.71. The summed E-state index contributed by atoms with van der Waals surface area (Å²) < 4.78 is 4.44. The van der Waals surface area contributed by atoms with Gasteiger partial charge in [-0.15, -0.1) is 0 Å². The van der Waals surface area contributed by atoms with E-state index in [2.05, 4.69) is 9.73 Å². The van der Waals surface area contributed by atoms with Crippen molar-refractivity contribution in [1.29, 1.82) is 0 Å². The molecule has 0 saturated carbocycles. The van der Waals surface area contributed by atoms with Crippen molar-refractivity contribution in [2.45, 2.75) is 0 Å². The molecule has 0 aromatic heterocycles. The number of aliphatic imine (C=N–C) groups is 1. The highest BCUT2D eigenvalue weighted by Crippen LogP contribution is 2.05. The molecular formula is C6H8N2O2. The minimum atomic E-state index is -0.395. The molecule has 0 atom stereocenters. The van der Waals surface area contributed by atoms with E-state index in [-0.39, 0.29) is 0 Å². The Morgan fingerprint density at radius 1 is 1.70 bits per heavy atom. The first-order chi connectivity index (χ1) is 4.70. The van der Waals surface area contributed by atoms with Gasteiger partial charge in [0.15, 0.2) is 12.1 Å². The summed E-state index contributed by atoms with van der Waals surface area (Å²) >= 11 is 0. The van der Waals surface area contributed by atoms with Gasteiger partial charge in [0.1, 0.15) is 0 Å². The van der Waals surface area contributed by atoms with Crippen LogP contribution in [0.4, 0.5) is 0 Å². The number of cyclic esters (lactones) is 1. The van der Waals surface area contributed by atoms with Crippen LogP contribution >= 0.6 is 0 Å². The summed E-state index contributed by atoms with van der Waals surface area (Å²) in [5, 5.41) is 0. The number of carbonyl (C=O) groups is 1. The molecule has 0 spiro atoms. The van der Waals surface area contributed by atoms with E-state index >= 15 is 0 Å². The molecule has 1 heterocycles. The van der Waals surface area contributed by atoms with E-state index in [9.17, 15) is 4.79 Å². The van der Waals surface area contributed by atoms with E-state index in [1.54, 1.807) is 11.1 Å². The SMILES string of the molecule is CN(C)C=C1N=COC1=O. The van der Waals surface area contributed by atoms with Gasteiger partial charge in [-0.1, -0.05) is 0 Å². The first-order valence-corrected chi connectivity index (χ1v) is 2.82. The van der Waals surface area contributed by atoms with Crippen molar-refractivity contribution in [2.24, 2.45) is 4.99 Å². The lowest BCUT2D eigenvalue weighted by Gasteiger charge is -2.02. The summed E-state index contributed by atoms with van der Waals surface area (Å²) in [7, 11) is 3.63. The maximum Gasteiger partial charge on any atom is 0.364 e. The largest absolute Gasteiger partial charge is 0.410 e. The van der Waals surface area contributed by atoms with Crippen LogP contribution in [-0.4, -0.2) is 31.4 Å². The van der Waals surface area contributed by atoms with E-state index in [4.69, 9.17) is 0 Å². The highest BCUT2D eigenvalue weighted by atomic mass is 16.5. The second-order valence-corrected chi connectivity index (χ2v) is 2.12. The highest BCUT2D eigenvalue weighted by molar-refractivity contribution is 5.97. The van der Waals surface area contributed by atoms with Gasteiger partial charge in [0, 0.05) is 20.3 Å². The number of nitrogens with zero attached hydrogens (tertiary/aromatic N) is 2. The zero-order valence-electron chi connectivity index (χ0n) is 5.87. The first kappa shape index (κ1) is 6.80. The third kappa shape index (κ3) is 1.34. The van der Waals surface area contributed by atoms with Crippen molar-refractivity contribution in [3.8, 4) is 0 Å². The quantitative estimate of drug-likeness (QED) is 0.379. The number of esters is 1. The molecule has 1 rings (SSSR count). The lowest BCUT2D eigenvalue weighted by atomic mass is 10.5. The zero-order chi connectivity index (χ0) is 7.56. The summed E-state index contributed by atoms with van der Waals surface area (Å²) in [6.07, 6.45) is 2.74. The fourth-order valence-corrected chi connectivity index (χ4v) is 0.575. The number of rotatable bonds is 1. The molecule has 4 nitrogen and oxygen atoms in total.